The average molecular weight is 247 g/mol. The van der Waals surface area contributed by atoms with Crippen LogP contribution in [0.2, 0.25) is 0 Å². The van der Waals surface area contributed by atoms with Crippen molar-refractivity contribution in [2.45, 2.75) is 51.1 Å². The SMILES string of the molecule is CNC(C)c1ccc(N(C)C2CCCCC2)cn1. The van der Waals surface area contributed by atoms with Crippen LogP contribution in [-0.4, -0.2) is 25.1 Å². The van der Waals surface area contributed by atoms with Gasteiger partial charge >= 0.3 is 0 Å². The second-order valence-electron chi connectivity index (χ2n) is 5.35. The lowest BCUT2D eigenvalue weighted by molar-refractivity contribution is 0.427. The Bertz CT molecular complexity index is 355. The predicted octanol–water partition coefficient (Wildman–Crippen LogP) is 3.13. The standard InChI is InChI=1S/C15H25N3/c1-12(16-2)15-10-9-14(11-17-15)18(3)13-7-5-4-6-8-13/h9-13,16H,4-8H2,1-3H3. The van der Waals surface area contributed by atoms with Crippen molar-refractivity contribution in [1.29, 1.82) is 0 Å². The first-order valence-corrected chi connectivity index (χ1v) is 7.08. The first-order chi connectivity index (χ1) is 8.72. The van der Waals surface area contributed by atoms with Crippen molar-refractivity contribution < 1.29 is 0 Å². The Morgan fingerprint density at radius 1 is 1.28 bits per heavy atom. The Morgan fingerprint density at radius 2 is 2.00 bits per heavy atom. The lowest BCUT2D eigenvalue weighted by Crippen LogP contribution is -2.33. The van der Waals surface area contributed by atoms with E-state index in [9.17, 15) is 0 Å². The number of pyridine rings is 1. The van der Waals surface area contributed by atoms with E-state index in [2.05, 4.69) is 41.3 Å². The molecule has 1 heterocycles. The minimum atomic E-state index is 0.319. The molecule has 1 fully saturated rings. The first-order valence-electron chi connectivity index (χ1n) is 7.08. The molecule has 0 saturated heterocycles. The summed E-state index contributed by atoms with van der Waals surface area (Å²) in [6.45, 7) is 2.13. The number of rotatable bonds is 4. The molecule has 0 radical (unpaired) electrons. The zero-order valence-corrected chi connectivity index (χ0v) is 11.8. The normalized spacial score (nSPS) is 18.6. The van der Waals surface area contributed by atoms with Gasteiger partial charge in [0.15, 0.2) is 0 Å². The summed E-state index contributed by atoms with van der Waals surface area (Å²) in [4.78, 5) is 6.96. The molecule has 0 amide bonds. The van der Waals surface area contributed by atoms with Crippen LogP contribution in [-0.2, 0) is 0 Å². The Kier molecular flexibility index (Phi) is 4.59. The lowest BCUT2D eigenvalue weighted by atomic mass is 9.94. The van der Waals surface area contributed by atoms with Crippen LogP contribution >= 0.6 is 0 Å². The van der Waals surface area contributed by atoms with Gasteiger partial charge in [0.05, 0.1) is 17.6 Å². The molecule has 0 bridgehead atoms. The van der Waals surface area contributed by atoms with Gasteiger partial charge in [-0.3, -0.25) is 4.98 Å². The molecule has 100 valence electrons. The van der Waals surface area contributed by atoms with Crippen LogP contribution in [0, 0.1) is 0 Å². The first kappa shape index (κ1) is 13.3. The Balaban J connectivity index is 2.03. The fourth-order valence-corrected chi connectivity index (χ4v) is 2.69. The number of aromatic nitrogens is 1. The van der Waals surface area contributed by atoms with E-state index in [0.29, 0.717) is 12.1 Å². The van der Waals surface area contributed by atoms with Crippen LogP contribution < -0.4 is 10.2 Å². The van der Waals surface area contributed by atoms with Crippen molar-refractivity contribution >= 4 is 5.69 Å². The molecule has 3 nitrogen and oxygen atoms in total. The van der Waals surface area contributed by atoms with E-state index in [4.69, 9.17) is 0 Å². The molecule has 1 saturated carbocycles. The van der Waals surface area contributed by atoms with Crippen LogP contribution in [0.15, 0.2) is 18.3 Å². The summed E-state index contributed by atoms with van der Waals surface area (Å²) in [6, 6.07) is 5.35. The van der Waals surface area contributed by atoms with Crippen LogP contribution in [0.5, 0.6) is 0 Å². The molecule has 18 heavy (non-hydrogen) atoms. The second-order valence-corrected chi connectivity index (χ2v) is 5.35. The predicted molar refractivity (Wildman–Crippen MR) is 77.0 cm³/mol. The van der Waals surface area contributed by atoms with Crippen molar-refractivity contribution in [3.63, 3.8) is 0 Å². The topological polar surface area (TPSA) is 28.2 Å². The fourth-order valence-electron chi connectivity index (χ4n) is 2.69. The van der Waals surface area contributed by atoms with Gasteiger partial charge in [-0.25, -0.2) is 0 Å². The third-order valence-corrected chi connectivity index (χ3v) is 4.18. The number of hydrogen-bond acceptors (Lipinski definition) is 3. The van der Waals surface area contributed by atoms with Crippen molar-refractivity contribution in [3.05, 3.63) is 24.0 Å². The number of anilines is 1. The number of hydrogen-bond donors (Lipinski definition) is 1. The van der Waals surface area contributed by atoms with E-state index in [0.717, 1.165) is 5.69 Å². The smallest absolute Gasteiger partial charge is 0.0571 e. The maximum absolute atomic E-state index is 4.56. The molecule has 0 aromatic carbocycles. The van der Waals surface area contributed by atoms with Crippen LogP contribution in [0.25, 0.3) is 0 Å². The fraction of sp³-hybridized carbons (Fsp3) is 0.667. The summed E-state index contributed by atoms with van der Waals surface area (Å²) in [5.41, 5.74) is 2.35. The molecule has 1 aliphatic rings. The highest BCUT2D eigenvalue weighted by atomic mass is 15.1. The molecule has 0 aliphatic heterocycles. The molecule has 1 N–H and O–H groups in total. The minimum Gasteiger partial charge on any atom is -0.370 e. The van der Waals surface area contributed by atoms with Gasteiger partial charge in [-0.1, -0.05) is 19.3 Å². The van der Waals surface area contributed by atoms with Crippen LogP contribution in [0.4, 0.5) is 5.69 Å². The highest BCUT2D eigenvalue weighted by Crippen LogP contribution is 2.26. The van der Waals surface area contributed by atoms with E-state index < -0.39 is 0 Å². The zero-order valence-electron chi connectivity index (χ0n) is 11.8. The molecule has 2 rings (SSSR count). The van der Waals surface area contributed by atoms with Gasteiger partial charge in [0.25, 0.3) is 0 Å². The monoisotopic (exact) mass is 247 g/mol. The molecule has 1 unspecified atom stereocenters. The Hall–Kier alpha value is -1.09. The van der Waals surface area contributed by atoms with Crippen molar-refractivity contribution in [1.82, 2.24) is 10.3 Å². The number of nitrogens with one attached hydrogen (secondary N) is 1. The largest absolute Gasteiger partial charge is 0.370 e. The summed E-state index contributed by atoms with van der Waals surface area (Å²) in [5, 5.41) is 3.22. The van der Waals surface area contributed by atoms with Gasteiger partial charge in [0, 0.05) is 19.1 Å². The van der Waals surface area contributed by atoms with Crippen molar-refractivity contribution in [2.75, 3.05) is 19.0 Å². The van der Waals surface area contributed by atoms with E-state index >= 15 is 0 Å². The summed E-state index contributed by atoms with van der Waals surface area (Å²) < 4.78 is 0. The van der Waals surface area contributed by atoms with Gasteiger partial charge < -0.3 is 10.2 Å². The molecule has 0 spiro atoms. The second kappa shape index (κ2) is 6.19. The van der Waals surface area contributed by atoms with Gasteiger partial charge in [0.1, 0.15) is 0 Å². The lowest BCUT2D eigenvalue weighted by Gasteiger charge is -2.32. The quantitative estimate of drug-likeness (QED) is 0.886. The summed E-state index contributed by atoms with van der Waals surface area (Å²) >= 11 is 0. The van der Waals surface area contributed by atoms with E-state index in [-0.39, 0.29) is 0 Å². The maximum Gasteiger partial charge on any atom is 0.0571 e. The highest BCUT2D eigenvalue weighted by Gasteiger charge is 2.18. The molecule has 1 aliphatic carbocycles. The van der Waals surface area contributed by atoms with E-state index in [1.165, 1.54) is 37.8 Å². The Morgan fingerprint density at radius 3 is 2.56 bits per heavy atom. The van der Waals surface area contributed by atoms with Gasteiger partial charge in [-0.05, 0) is 38.9 Å². The van der Waals surface area contributed by atoms with Crippen LogP contribution in [0.3, 0.4) is 0 Å². The molecule has 1 atom stereocenters. The maximum atomic E-state index is 4.56. The van der Waals surface area contributed by atoms with Gasteiger partial charge in [-0.15, -0.1) is 0 Å². The molecule has 1 aromatic rings. The van der Waals surface area contributed by atoms with E-state index in [1.54, 1.807) is 0 Å². The molecular weight excluding hydrogens is 222 g/mol. The molecule has 3 heteroatoms. The molecule has 1 aromatic heterocycles. The zero-order chi connectivity index (χ0) is 13.0. The average Bonchev–Trinajstić information content (AvgIpc) is 2.47. The van der Waals surface area contributed by atoms with Crippen molar-refractivity contribution in [2.24, 2.45) is 0 Å². The van der Waals surface area contributed by atoms with Crippen LogP contribution in [0.1, 0.15) is 50.8 Å². The van der Waals surface area contributed by atoms with E-state index in [1.807, 2.05) is 13.2 Å². The third-order valence-electron chi connectivity index (χ3n) is 4.18. The third kappa shape index (κ3) is 3.02. The summed E-state index contributed by atoms with van der Waals surface area (Å²) in [5.74, 6) is 0. The highest BCUT2D eigenvalue weighted by molar-refractivity contribution is 5.45. The van der Waals surface area contributed by atoms with Crippen molar-refractivity contribution in [3.8, 4) is 0 Å². The summed E-state index contributed by atoms with van der Waals surface area (Å²) in [7, 11) is 4.17. The van der Waals surface area contributed by atoms with Gasteiger partial charge in [0.2, 0.25) is 0 Å². The Labute approximate surface area is 111 Å². The minimum absolute atomic E-state index is 0.319. The molecular formula is C15H25N3. The summed E-state index contributed by atoms with van der Waals surface area (Å²) in [6.07, 6.45) is 8.81. The number of nitrogens with zero attached hydrogens (tertiary/aromatic N) is 2. The van der Waals surface area contributed by atoms with Gasteiger partial charge in [-0.2, -0.15) is 0 Å².